The van der Waals surface area contributed by atoms with Gasteiger partial charge < -0.3 is 20.8 Å². The molecule has 0 aliphatic heterocycles. The van der Waals surface area contributed by atoms with Crippen molar-refractivity contribution in [2.24, 2.45) is 5.73 Å². The number of hydrogen-bond donors (Lipinski definition) is 3. The number of anilines is 1. The van der Waals surface area contributed by atoms with Gasteiger partial charge >= 0.3 is 0 Å². The Morgan fingerprint density at radius 1 is 1.41 bits per heavy atom. The van der Waals surface area contributed by atoms with Crippen LogP contribution < -0.4 is 16.4 Å². The minimum Gasteiger partial charge on any atom is -0.458 e. The Balaban J connectivity index is 1.96. The number of nitrogens with one attached hydrogen (secondary N) is 2. The van der Waals surface area contributed by atoms with Crippen LogP contribution in [0.1, 0.15) is 25.5 Å². The lowest BCUT2D eigenvalue weighted by Gasteiger charge is -1.99. The molecule has 4 N–H and O–H groups in total. The van der Waals surface area contributed by atoms with Gasteiger partial charge in [0.05, 0.1) is 6.54 Å². The van der Waals surface area contributed by atoms with Crippen molar-refractivity contribution in [1.82, 2.24) is 10.3 Å². The topological polar surface area (TPSA) is 110 Å². The van der Waals surface area contributed by atoms with E-state index < -0.39 is 0 Å². The summed E-state index contributed by atoms with van der Waals surface area (Å²) in [5.41, 5.74) is 6.01. The minimum absolute atomic E-state index is 0.0999. The van der Waals surface area contributed by atoms with Gasteiger partial charge in [0.2, 0.25) is 11.8 Å². The maximum absolute atomic E-state index is 11.6. The zero-order valence-corrected chi connectivity index (χ0v) is 13.0. The molecule has 2 heterocycles. The number of nitrogens with two attached hydrogens (primary N) is 1. The van der Waals surface area contributed by atoms with E-state index in [2.05, 4.69) is 15.6 Å². The van der Waals surface area contributed by atoms with Crippen LogP contribution in [-0.4, -0.2) is 23.3 Å². The smallest absolute Gasteiger partial charge is 0.226 e. The highest BCUT2D eigenvalue weighted by Crippen LogP contribution is 2.26. The van der Waals surface area contributed by atoms with Gasteiger partial charge in [-0.3, -0.25) is 9.59 Å². The highest BCUT2D eigenvalue weighted by molar-refractivity contribution is 7.14. The van der Waals surface area contributed by atoms with E-state index in [4.69, 9.17) is 10.2 Å². The van der Waals surface area contributed by atoms with Gasteiger partial charge in [-0.2, -0.15) is 0 Å². The first-order valence-corrected chi connectivity index (χ1v) is 7.75. The first kappa shape index (κ1) is 16.2. The molecule has 0 atom stereocenters. The average molecular weight is 322 g/mol. The van der Waals surface area contributed by atoms with Gasteiger partial charge in [-0.15, -0.1) is 11.3 Å². The maximum atomic E-state index is 11.6. The van der Waals surface area contributed by atoms with Crippen LogP contribution in [-0.2, 0) is 16.1 Å². The molecule has 2 aromatic heterocycles. The Morgan fingerprint density at radius 2 is 2.23 bits per heavy atom. The number of carbonyl (C=O) groups excluding carboxylic acids is 2. The van der Waals surface area contributed by atoms with Crippen LogP contribution in [0, 0.1) is 0 Å². The van der Waals surface area contributed by atoms with E-state index in [1.165, 1.54) is 18.3 Å². The molecule has 8 heteroatoms. The van der Waals surface area contributed by atoms with Crippen molar-refractivity contribution in [3.63, 3.8) is 0 Å². The number of nitrogens with zero attached hydrogens (tertiary/aromatic N) is 1. The zero-order valence-electron chi connectivity index (χ0n) is 12.2. The van der Waals surface area contributed by atoms with Crippen molar-refractivity contribution < 1.29 is 14.0 Å². The number of thiazole rings is 1. The van der Waals surface area contributed by atoms with E-state index in [1.807, 2.05) is 0 Å². The summed E-state index contributed by atoms with van der Waals surface area (Å²) in [5, 5.41) is 7.72. The van der Waals surface area contributed by atoms with Gasteiger partial charge in [-0.25, -0.2) is 4.98 Å². The molecule has 118 valence electrons. The van der Waals surface area contributed by atoms with Crippen molar-refractivity contribution in [1.29, 1.82) is 0 Å². The predicted molar refractivity (Wildman–Crippen MR) is 84.3 cm³/mol. The third-order valence-electron chi connectivity index (χ3n) is 2.78. The highest BCUT2D eigenvalue weighted by Gasteiger charge is 2.11. The Kier molecular flexibility index (Phi) is 5.68. The van der Waals surface area contributed by atoms with Crippen molar-refractivity contribution >= 4 is 28.3 Å². The predicted octanol–water partition coefficient (Wildman–Crippen LogP) is 1.72. The number of carbonyl (C=O) groups is 2. The molecule has 0 aromatic carbocycles. The Morgan fingerprint density at radius 3 is 2.95 bits per heavy atom. The number of hydrogen-bond acceptors (Lipinski definition) is 6. The van der Waals surface area contributed by atoms with Gasteiger partial charge in [0, 0.05) is 18.7 Å². The summed E-state index contributed by atoms with van der Waals surface area (Å²) >= 11 is 1.33. The first-order valence-electron chi connectivity index (χ1n) is 6.87. The van der Waals surface area contributed by atoms with Gasteiger partial charge in [0.1, 0.15) is 11.5 Å². The van der Waals surface area contributed by atoms with Crippen molar-refractivity contribution in [2.75, 3.05) is 11.9 Å². The molecule has 0 aliphatic carbocycles. The standard InChI is InChI=1S/C14H18N4O3S/c1-9(19)16-7-10-4-5-12(21-10)11-8-22-14(17-11)18-13(20)3-2-6-15/h4-5,8H,2-3,6-7,15H2,1H3,(H,16,19)(H,17,18,20). The van der Waals surface area contributed by atoms with Gasteiger partial charge in [-0.1, -0.05) is 0 Å². The molecule has 0 spiro atoms. The second-order valence-electron chi connectivity index (χ2n) is 4.65. The van der Waals surface area contributed by atoms with Crippen LogP contribution >= 0.6 is 11.3 Å². The number of aromatic nitrogens is 1. The van der Waals surface area contributed by atoms with Crippen LogP contribution in [0.2, 0.25) is 0 Å². The van der Waals surface area contributed by atoms with Crippen LogP contribution in [0.3, 0.4) is 0 Å². The Labute approximate surface area is 131 Å². The molecular weight excluding hydrogens is 304 g/mol. The second-order valence-corrected chi connectivity index (χ2v) is 5.51. The largest absolute Gasteiger partial charge is 0.458 e. The van der Waals surface area contributed by atoms with E-state index in [-0.39, 0.29) is 11.8 Å². The fourth-order valence-electron chi connectivity index (χ4n) is 1.71. The molecule has 2 aromatic rings. The number of furan rings is 1. The highest BCUT2D eigenvalue weighted by atomic mass is 32.1. The van der Waals surface area contributed by atoms with Gasteiger partial charge in [-0.05, 0) is 25.1 Å². The van der Waals surface area contributed by atoms with Gasteiger partial charge in [0.15, 0.2) is 10.9 Å². The molecule has 0 saturated carbocycles. The molecule has 22 heavy (non-hydrogen) atoms. The molecule has 0 saturated heterocycles. The second kappa shape index (κ2) is 7.71. The lowest BCUT2D eigenvalue weighted by molar-refractivity contribution is -0.119. The summed E-state index contributed by atoms with van der Waals surface area (Å²) in [4.78, 5) is 26.8. The van der Waals surface area contributed by atoms with E-state index >= 15 is 0 Å². The Hall–Kier alpha value is -2.19. The van der Waals surface area contributed by atoms with E-state index in [0.717, 1.165) is 0 Å². The van der Waals surface area contributed by atoms with Crippen LogP contribution in [0.25, 0.3) is 11.5 Å². The molecule has 0 bridgehead atoms. The molecule has 2 rings (SSSR count). The fourth-order valence-corrected chi connectivity index (χ4v) is 2.43. The molecular formula is C14H18N4O3S. The summed E-state index contributed by atoms with van der Waals surface area (Å²) < 4.78 is 5.60. The van der Waals surface area contributed by atoms with E-state index in [9.17, 15) is 9.59 Å². The maximum Gasteiger partial charge on any atom is 0.226 e. The van der Waals surface area contributed by atoms with Crippen molar-refractivity contribution in [2.45, 2.75) is 26.3 Å². The minimum atomic E-state index is -0.117. The number of amides is 2. The molecule has 0 radical (unpaired) electrons. The third kappa shape index (κ3) is 4.68. The van der Waals surface area contributed by atoms with Crippen molar-refractivity contribution in [3.05, 3.63) is 23.3 Å². The molecule has 2 amide bonds. The summed E-state index contributed by atoms with van der Waals surface area (Å²) in [7, 11) is 0. The SMILES string of the molecule is CC(=O)NCc1ccc(-c2csc(NC(=O)CCCN)n2)o1. The van der Waals surface area contributed by atoms with Crippen molar-refractivity contribution in [3.8, 4) is 11.5 Å². The van der Waals surface area contributed by atoms with Gasteiger partial charge in [0.25, 0.3) is 0 Å². The van der Waals surface area contributed by atoms with E-state index in [0.29, 0.717) is 48.3 Å². The molecule has 7 nitrogen and oxygen atoms in total. The van der Waals surface area contributed by atoms with Crippen LogP contribution in [0.4, 0.5) is 5.13 Å². The monoisotopic (exact) mass is 322 g/mol. The van der Waals surface area contributed by atoms with Crippen LogP contribution in [0.5, 0.6) is 0 Å². The summed E-state index contributed by atoms with van der Waals surface area (Å²) in [6.45, 7) is 2.27. The van der Waals surface area contributed by atoms with Crippen LogP contribution in [0.15, 0.2) is 21.9 Å². The lowest BCUT2D eigenvalue weighted by Crippen LogP contribution is -2.18. The molecule has 0 unspecified atom stereocenters. The fraction of sp³-hybridized carbons (Fsp3) is 0.357. The third-order valence-corrected chi connectivity index (χ3v) is 3.54. The summed E-state index contributed by atoms with van der Waals surface area (Å²) in [6, 6.07) is 3.57. The zero-order chi connectivity index (χ0) is 15.9. The quantitative estimate of drug-likeness (QED) is 0.719. The summed E-state index contributed by atoms with van der Waals surface area (Å²) in [5.74, 6) is 1.03. The lowest BCUT2D eigenvalue weighted by atomic mass is 10.3. The molecule has 0 fully saturated rings. The normalized spacial score (nSPS) is 10.5. The summed E-state index contributed by atoms with van der Waals surface area (Å²) in [6.07, 6.45) is 1.03. The first-order chi connectivity index (χ1) is 10.6. The molecule has 0 aliphatic rings. The number of rotatable bonds is 7. The Bertz CT molecular complexity index is 650. The average Bonchev–Trinajstić information content (AvgIpc) is 3.11. The van der Waals surface area contributed by atoms with E-state index in [1.54, 1.807) is 17.5 Å².